The number of imidazole rings is 1. The smallest absolute Gasteiger partial charge is 0.280 e. The van der Waals surface area contributed by atoms with Crippen LogP contribution in [0.25, 0.3) is 5.65 Å². The van der Waals surface area contributed by atoms with Crippen LogP contribution < -0.4 is 10.1 Å². The number of fused-ring (bicyclic) bond motifs is 1. The van der Waals surface area contributed by atoms with Crippen LogP contribution in [0.3, 0.4) is 0 Å². The highest BCUT2D eigenvalue weighted by molar-refractivity contribution is 6.03. The lowest BCUT2D eigenvalue weighted by molar-refractivity contribution is -0.169. The summed E-state index contributed by atoms with van der Waals surface area (Å²) in [5.41, 5.74) is 1.62. The number of alkyl halides is 2. The summed E-state index contributed by atoms with van der Waals surface area (Å²) in [5, 5.41) is 12.2. The second kappa shape index (κ2) is 6.98. The van der Waals surface area contributed by atoms with E-state index >= 15 is 0 Å². The number of anilines is 1. The number of hydrogen-bond donors (Lipinski definition) is 2. The maximum atomic E-state index is 12.9. The number of nitrogens with zero attached hydrogens (tertiary/aromatic N) is 3. The molecule has 2 bridgehead atoms. The number of rotatable bonds is 7. The van der Waals surface area contributed by atoms with Gasteiger partial charge in [-0.3, -0.25) is 4.79 Å². The number of aliphatic hydroxyl groups is 1. The molecule has 3 fully saturated rings. The molecule has 3 aromatic rings. The number of ether oxygens (including phenoxy) is 1. The molecule has 3 heterocycles. The number of halogens is 2. The summed E-state index contributed by atoms with van der Waals surface area (Å²) in [6, 6.07) is 5.69. The first-order chi connectivity index (χ1) is 14.9. The first-order valence-electron chi connectivity index (χ1n) is 10.2. The topological polar surface area (TPSA) is 88.8 Å². The number of nitrogens with one attached hydrogen (secondary N) is 1. The van der Waals surface area contributed by atoms with E-state index in [9.17, 15) is 18.7 Å². The van der Waals surface area contributed by atoms with Crippen LogP contribution in [0.5, 0.6) is 5.75 Å². The van der Waals surface area contributed by atoms with Crippen molar-refractivity contribution in [3.8, 4) is 5.75 Å². The Kier molecular flexibility index (Phi) is 4.47. The minimum atomic E-state index is -2.76. The van der Waals surface area contributed by atoms with E-state index in [2.05, 4.69) is 10.3 Å². The van der Waals surface area contributed by atoms with Crippen molar-refractivity contribution in [2.75, 3.05) is 18.5 Å². The zero-order valence-corrected chi connectivity index (χ0v) is 16.9. The monoisotopic (exact) mass is 428 g/mol. The molecule has 0 saturated heterocycles. The van der Waals surface area contributed by atoms with Crippen molar-refractivity contribution in [3.05, 3.63) is 53.7 Å². The van der Waals surface area contributed by atoms with Crippen LogP contribution >= 0.6 is 0 Å². The molecule has 0 atom stereocenters. The Hall–Kier alpha value is -3.07. The van der Waals surface area contributed by atoms with Gasteiger partial charge in [0.05, 0.1) is 12.3 Å². The lowest BCUT2D eigenvalue weighted by atomic mass is 9.34. The molecule has 3 saturated carbocycles. The van der Waals surface area contributed by atoms with Crippen LogP contribution in [0.2, 0.25) is 0 Å². The molecule has 3 aromatic heterocycles. The molecule has 162 valence electrons. The summed E-state index contributed by atoms with van der Waals surface area (Å²) in [5.74, 6) is -0.164. The van der Waals surface area contributed by atoms with Crippen molar-refractivity contribution in [2.45, 2.75) is 38.0 Å². The van der Waals surface area contributed by atoms with E-state index < -0.39 is 18.0 Å². The molecule has 9 heteroatoms. The van der Waals surface area contributed by atoms with Gasteiger partial charge in [0.25, 0.3) is 12.3 Å². The maximum absolute atomic E-state index is 12.9. The van der Waals surface area contributed by atoms with Gasteiger partial charge in [0.1, 0.15) is 28.5 Å². The first kappa shape index (κ1) is 19.9. The quantitative estimate of drug-likeness (QED) is 0.599. The molecule has 0 aromatic carbocycles. The SMILES string of the molecule is CCOc1cc2nc(C34CC(CO)(C3)C4)cn2cc1NC(=O)c1cccc(C(F)F)n1. The van der Waals surface area contributed by atoms with Gasteiger partial charge in [-0.05, 0) is 43.7 Å². The third kappa shape index (κ3) is 3.15. The zero-order chi connectivity index (χ0) is 21.8. The van der Waals surface area contributed by atoms with Gasteiger partial charge in [-0.2, -0.15) is 0 Å². The highest BCUT2D eigenvalue weighted by Gasteiger charge is 2.68. The van der Waals surface area contributed by atoms with Crippen LogP contribution in [-0.4, -0.2) is 38.6 Å². The van der Waals surface area contributed by atoms with E-state index in [0.29, 0.717) is 23.7 Å². The summed E-state index contributed by atoms with van der Waals surface area (Å²) in [6.45, 7) is 2.43. The molecule has 6 rings (SSSR count). The minimum absolute atomic E-state index is 0.0313. The highest BCUT2D eigenvalue weighted by atomic mass is 19.3. The van der Waals surface area contributed by atoms with Gasteiger partial charge in [-0.1, -0.05) is 6.07 Å². The van der Waals surface area contributed by atoms with Gasteiger partial charge in [0, 0.05) is 30.5 Å². The van der Waals surface area contributed by atoms with E-state index in [1.807, 2.05) is 17.5 Å². The highest BCUT2D eigenvalue weighted by Crippen LogP contribution is 2.73. The summed E-state index contributed by atoms with van der Waals surface area (Å²) in [6.07, 6.45) is 3.71. The van der Waals surface area contributed by atoms with Gasteiger partial charge in [0.15, 0.2) is 0 Å². The van der Waals surface area contributed by atoms with E-state index in [4.69, 9.17) is 9.72 Å². The van der Waals surface area contributed by atoms with Gasteiger partial charge >= 0.3 is 0 Å². The van der Waals surface area contributed by atoms with Crippen molar-refractivity contribution in [2.24, 2.45) is 5.41 Å². The number of pyridine rings is 2. The molecule has 1 amide bonds. The molecule has 0 radical (unpaired) electrons. The molecule has 0 aliphatic heterocycles. The number of carbonyl (C=O) groups is 1. The summed E-state index contributed by atoms with van der Waals surface area (Å²) in [7, 11) is 0. The Balaban J connectivity index is 1.44. The summed E-state index contributed by atoms with van der Waals surface area (Å²) < 4.78 is 33.3. The predicted molar refractivity (Wildman–Crippen MR) is 109 cm³/mol. The molecule has 2 N–H and O–H groups in total. The van der Waals surface area contributed by atoms with Crippen molar-refractivity contribution in [1.82, 2.24) is 14.4 Å². The second-order valence-electron chi connectivity index (χ2n) is 8.55. The molecule has 3 aliphatic carbocycles. The predicted octanol–water partition coefficient (Wildman–Crippen LogP) is 3.73. The van der Waals surface area contributed by atoms with Crippen LogP contribution in [-0.2, 0) is 5.41 Å². The maximum Gasteiger partial charge on any atom is 0.280 e. The van der Waals surface area contributed by atoms with E-state index in [-0.39, 0.29) is 23.1 Å². The fourth-order valence-corrected chi connectivity index (χ4v) is 4.96. The van der Waals surface area contributed by atoms with Crippen molar-refractivity contribution in [3.63, 3.8) is 0 Å². The number of hydrogen-bond acceptors (Lipinski definition) is 5. The Morgan fingerprint density at radius 3 is 2.74 bits per heavy atom. The third-order valence-electron chi connectivity index (χ3n) is 6.35. The van der Waals surface area contributed by atoms with Crippen LogP contribution in [0.15, 0.2) is 36.7 Å². The fourth-order valence-electron chi connectivity index (χ4n) is 4.96. The minimum Gasteiger partial charge on any atom is -0.491 e. The van der Waals surface area contributed by atoms with Crippen molar-refractivity contribution in [1.29, 1.82) is 0 Å². The fraction of sp³-hybridized carbons (Fsp3) is 0.409. The number of aliphatic hydroxyl groups excluding tert-OH is 1. The van der Waals surface area contributed by atoms with E-state index in [1.165, 1.54) is 18.2 Å². The first-order valence-corrected chi connectivity index (χ1v) is 10.2. The lowest BCUT2D eigenvalue weighted by Gasteiger charge is -2.69. The van der Waals surface area contributed by atoms with Crippen molar-refractivity contribution >= 4 is 17.2 Å². The van der Waals surface area contributed by atoms with Crippen LogP contribution in [0.4, 0.5) is 14.5 Å². The Labute approximate surface area is 177 Å². The standard InChI is InChI=1S/C22H22F2N4O3/c1-2-31-16-6-18-27-17(22-9-21(10-22,11-22)12-29)8-28(18)7-15(16)26-20(30)14-5-3-4-13(25-14)19(23)24/h3-8,19,29H,2,9-12H2,1H3,(H,26,30). The lowest BCUT2D eigenvalue weighted by Crippen LogP contribution is -2.66. The van der Waals surface area contributed by atoms with Gasteiger partial charge in [-0.25, -0.2) is 18.7 Å². The van der Waals surface area contributed by atoms with Crippen LogP contribution in [0.1, 0.15) is 54.5 Å². The Morgan fingerprint density at radius 1 is 1.29 bits per heavy atom. The normalized spacial score (nSPS) is 24.0. The number of carbonyl (C=O) groups excluding carboxylic acids is 1. The molecular weight excluding hydrogens is 406 g/mol. The average molecular weight is 428 g/mol. The molecule has 0 spiro atoms. The number of amides is 1. The van der Waals surface area contributed by atoms with Crippen molar-refractivity contribution < 1.29 is 23.4 Å². The number of aromatic nitrogens is 3. The average Bonchev–Trinajstić information content (AvgIpc) is 3.09. The van der Waals surface area contributed by atoms with Gasteiger partial charge in [-0.15, -0.1) is 0 Å². The molecular formula is C22H22F2N4O3. The van der Waals surface area contributed by atoms with Gasteiger partial charge < -0.3 is 19.6 Å². The molecule has 7 nitrogen and oxygen atoms in total. The summed E-state index contributed by atoms with van der Waals surface area (Å²) >= 11 is 0. The summed E-state index contributed by atoms with van der Waals surface area (Å²) in [4.78, 5) is 21.1. The third-order valence-corrected chi connectivity index (χ3v) is 6.35. The van der Waals surface area contributed by atoms with Crippen LogP contribution in [0, 0.1) is 5.41 Å². The van der Waals surface area contributed by atoms with Gasteiger partial charge in [0.2, 0.25) is 0 Å². The Bertz CT molecular complexity index is 1160. The van der Waals surface area contributed by atoms with E-state index in [0.717, 1.165) is 25.0 Å². The second-order valence-corrected chi connectivity index (χ2v) is 8.55. The molecule has 3 aliphatic rings. The molecule has 0 unspecified atom stereocenters. The zero-order valence-electron chi connectivity index (χ0n) is 16.9. The largest absolute Gasteiger partial charge is 0.491 e. The van der Waals surface area contributed by atoms with E-state index in [1.54, 1.807) is 12.3 Å². The Morgan fingerprint density at radius 2 is 2.06 bits per heavy atom. The molecule has 31 heavy (non-hydrogen) atoms.